The van der Waals surface area contributed by atoms with E-state index in [9.17, 15) is 18.0 Å². The zero-order chi connectivity index (χ0) is 25.3. The normalized spacial score (nSPS) is 10.8. The molecule has 0 unspecified atom stereocenters. The van der Waals surface area contributed by atoms with Gasteiger partial charge in [0, 0.05) is 16.8 Å². The third kappa shape index (κ3) is 6.97. The van der Waals surface area contributed by atoms with Gasteiger partial charge >= 0.3 is 0 Å². The van der Waals surface area contributed by atoms with Gasteiger partial charge < -0.3 is 9.47 Å². The van der Waals surface area contributed by atoms with E-state index in [-0.39, 0.29) is 16.0 Å². The first-order valence-electron chi connectivity index (χ1n) is 10.9. The van der Waals surface area contributed by atoms with Crippen molar-refractivity contribution in [2.24, 2.45) is 0 Å². The standard InChI is InChI=1S/C25H27N3O6S/c1-3-4-16-34-22-15-12-19(17-23(22)33-2)25(30)27-26-24(29)18-10-13-21(14-11-18)35(31,32)28-20-8-6-5-7-9-20/h5-15,17,28H,3-4,16H2,1-2H3,(H,26,29)(H,27,30). The number of unbranched alkanes of at least 4 members (excludes halogenated alkanes) is 1. The van der Waals surface area contributed by atoms with Gasteiger partial charge in [0.2, 0.25) is 0 Å². The molecule has 0 spiro atoms. The van der Waals surface area contributed by atoms with Crippen LogP contribution in [0.4, 0.5) is 5.69 Å². The van der Waals surface area contributed by atoms with Crippen LogP contribution in [0.25, 0.3) is 0 Å². The number of hydrogen-bond donors (Lipinski definition) is 3. The highest BCUT2D eigenvalue weighted by molar-refractivity contribution is 7.92. The van der Waals surface area contributed by atoms with Gasteiger partial charge in [-0.3, -0.25) is 25.2 Å². The number of hydrazine groups is 1. The van der Waals surface area contributed by atoms with Crippen molar-refractivity contribution < 1.29 is 27.5 Å². The van der Waals surface area contributed by atoms with Crippen LogP contribution in [0.2, 0.25) is 0 Å². The number of carbonyl (C=O) groups is 2. The average Bonchev–Trinajstić information content (AvgIpc) is 2.87. The van der Waals surface area contributed by atoms with Gasteiger partial charge in [0.25, 0.3) is 21.8 Å². The monoisotopic (exact) mass is 497 g/mol. The smallest absolute Gasteiger partial charge is 0.269 e. The Bertz CT molecular complexity index is 1260. The Morgan fingerprint density at radius 1 is 0.829 bits per heavy atom. The first-order valence-corrected chi connectivity index (χ1v) is 12.4. The molecule has 3 N–H and O–H groups in total. The van der Waals surface area contributed by atoms with Crippen molar-refractivity contribution in [2.45, 2.75) is 24.7 Å². The van der Waals surface area contributed by atoms with Crippen LogP contribution in [0, 0.1) is 0 Å². The maximum absolute atomic E-state index is 12.5. The van der Waals surface area contributed by atoms with Gasteiger partial charge in [-0.1, -0.05) is 31.5 Å². The van der Waals surface area contributed by atoms with E-state index in [1.165, 1.54) is 37.4 Å². The summed E-state index contributed by atoms with van der Waals surface area (Å²) >= 11 is 0. The molecule has 0 atom stereocenters. The molecule has 0 aromatic heterocycles. The van der Waals surface area contributed by atoms with Crippen LogP contribution >= 0.6 is 0 Å². The number of anilines is 1. The largest absolute Gasteiger partial charge is 0.493 e. The number of sulfonamides is 1. The molecule has 184 valence electrons. The fraction of sp³-hybridized carbons (Fsp3) is 0.200. The highest BCUT2D eigenvalue weighted by atomic mass is 32.2. The molecule has 10 heteroatoms. The first kappa shape index (κ1) is 25.6. The number of carbonyl (C=O) groups excluding carboxylic acids is 2. The lowest BCUT2D eigenvalue weighted by Crippen LogP contribution is -2.41. The number of hydrogen-bond acceptors (Lipinski definition) is 6. The lowest BCUT2D eigenvalue weighted by Gasteiger charge is -2.12. The molecule has 3 aromatic rings. The Balaban J connectivity index is 1.59. The molecule has 2 amide bonds. The summed E-state index contributed by atoms with van der Waals surface area (Å²) < 4.78 is 38.4. The summed E-state index contributed by atoms with van der Waals surface area (Å²) in [5.41, 5.74) is 5.50. The van der Waals surface area contributed by atoms with Crippen molar-refractivity contribution in [2.75, 3.05) is 18.4 Å². The Kier molecular flexibility index (Phi) is 8.69. The van der Waals surface area contributed by atoms with Crippen molar-refractivity contribution in [1.29, 1.82) is 0 Å². The molecule has 0 radical (unpaired) electrons. The molecule has 0 saturated heterocycles. The van der Waals surface area contributed by atoms with Crippen molar-refractivity contribution in [3.63, 3.8) is 0 Å². The molecule has 0 bridgehead atoms. The van der Waals surface area contributed by atoms with Crippen molar-refractivity contribution in [3.8, 4) is 11.5 Å². The summed E-state index contributed by atoms with van der Waals surface area (Å²) in [6.07, 6.45) is 1.89. The number of amides is 2. The maximum atomic E-state index is 12.5. The van der Waals surface area contributed by atoms with Gasteiger partial charge in [-0.05, 0) is 61.0 Å². The Morgan fingerprint density at radius 2 is 1.46 bits per heavy atom. The molecule has 3 aromatic carbocycles. The molecular weight excluding hydrogens is 470 g/mol. The predicted octanol–water partition coefficient (Wildman–Crippen LogP) is 3.75. The Morgan fingerprint density at radius 3 is 2.09 bits per heavy atom. The molecule has 0 saturated carbocycles. The minimum Gasteiger partial charge on any atom is -0.493 e. The van der Waals surface area contributed by atoms with Crippen molar-refractivity contribution in [1.82, 2.24) is 10.9 Å². The summed E-state index contributed by atoms with van der Waals surface area (Å²) in [6.45, 7) is 2.60. The molecule has 0 fully saturated rings. The minimum atomic E-state index is -3.81. The molecule has 0 aliphatic carbocycles. The molecule has 0 aliphatic rings. The summed E-state index contributed by atoms with van der Waals surface area (Å²) in [5, 5.41) is 0. The molecule has 3 rings (SSSR count). The molecular formula is C25H27N3O6S. The van der Waals surface area contributed by atoms with E-state index in [0.29, 0.717) is 23.8 Å². The van der Waals surface area contributed by atoms with Crippen LogP contribution in [0.5, 0.6) is 11.5 Å². The lowest BCUT2D eigenvalue weighted by atomic mass is 10.2. The average molecular weight is 498 g/mol. The number of nitrogens with one attached hydrogen (secondary N) is 3. The van der Waals surface area contributed by atoms with E-state index in [4.69, 9.17) is 9.47 Å². The Hall–Kier alpha value is -4.05. The summed E-state index contributed by atoms with van der Waals surface area (Å²) in [6, 6.07) is 18.5. The van der Waals surface area contributed by atoms with E-state index in [1.807, 2.05) is 0 Å². The fourth-order valence-corrected chi connectivity index (χ4v) is 4.08. The van der Waals surface area contributed by atoms with Gasteiger partial charge in [0.05, 0.1) is 18.6 Å². The van der Waals surface area contributed by atoms with Crippen LogP contribution in [0.3, 0.4) is 0 Å². The van der Waals surface area contributed by atoms with Crippen LogP contribution in [-0.4, -0.2) is 33.9 Å². The summed E-state index contributed by atoms with van der Waals surface area (Å²) in [4.78, 5) is 24.9. The van der Waals surface area contributed by atoms with Crippen LogP contribution in [0.15, 0.2) is 77.7 Å². The van der Waals surface area contributed by atoms with Crippen molar-refractivity contribution >= 4 is 27.5 Å². The Labute approximate surface area is 204 Å². The number of benzene rings is 3. The van der Waals surface area contributed by atoms with Crippen LogP contribution in [0.1, 0.15) is 40.5 Å². The van der Waals surface area contributed by atoms with E-state index in [1.54, 1.807) is 42.5 Å². The van der Waals surface area contributed by atoms with Crippen LogP contribution in [-0.2, 0) is 10.0 Å². The zero-order valence-corrected chi connectivity index (χ0v) is 20.2. The fourth-order valence-electron chi connectivity index (χ4n) is 3.02. The van der Waals surface area contributed by atoms with Gasteiger partial charge in [-0.15, -0.1) is 0 Å². The maximum Gasteiger partial charge on any atom is 0.269 e. The molecule has 9 nitrogen and oxygen atoms in total. The highest BCUT2D eigenvalue weighted by Crippen LogP contribution is 2.28. The van der Waals surface area contributed by atoms with Crippen molar-refractivity contribution in [3.05, 3.63) is 83.9 Å². The number of methoxy groups -OCH3 is 1. The van der Waals surface area contributed by atoms with E-state index in [2.05, 4.69) is 22.5 Å². The minimum absolute atomic E-state index is 0.00437. The van der Waals surface area contributed by atoms with E-state index in [0.717, 1.165) is 12.8 Å². The second-order valence-electron chi connectivity index (χ2n) is 7.47. The molecule has 0 aliphatic heterocycles. The highest BCUT2D eigenvalue weighted by Gasteiger charge is 2.16. The van der Waals surface area contributed by atoms with E-state index >= 15 is 0 Å². The number of para-hydroxylation sites is 1. The van der Waals surface area contributed by atoms with Gasteiger partial charge in [0.1, 0.15) is 0 Å². The predicted molar refractivity (Wildman–Crippen MR) is 132 cm³/mol. The van der Waals surface area contributed by atoms with E-state index < -0.39 is 21.8 Å². The van der Waals surface area contributed by atoms with Gasteiger partial charge in [-0.2, -0.15) is 0 Å². The van der Waals surface area contributed by atoms with Crippen LogP contribution < -0.4 is 25.0 Å². The molecule has 0 heterocycles. The third-order valence-electron chi connectivity index (χ3n) is 4.92. The molecule has 35 heavy (non-hydrogen) atoms. The SMILES string of the molecule is CCCCOc1ccc(C(=O)NNC(=O)c2ccc(S(=O)(=O)Nc3ccccc3)cc2)cc1OC. The summed E-state index contributed by atoms with van der Waals surface area (Å²) in [7, 11) is -2.33. The van der Waals surface area contributed by atoms with Gasteiger partial charge in [0.15, 0.2) is 11.5 Å². The van der Waals surface area contributed by atoms with Gasteiger partial charge in [-0.25, -0.2) is 8.42 Å². The zero-order valence-electron chi connectivity index (χ0n) is 19.4. The third-order valence-corrected chi connectivity index (χ3v) is 6.32. The number of rotatable bonds is 10. The second-order valence-corrected chi connectivity index (χ2v) is 9.15. The lowest BCUT2D eigenvalue weighted by molar-refractivity contribution is 0.0846. The number of ether oxygens (including phenoxy) is 2. The quantitative estimate of drug-likeness (QED) is 0.290. The summed E-state index contributed by atoms with van der Waals surface area (Å²) in [5.74, 6) is -0.230. The topological polar surface area (TPSA) is 123 Å². The second kappa shape index (κ2) is 11.9. The first-order chi connectivity index (χ1) is 16.8.